The predicted octanol–water partition coefficient (Wildman–Crippen LogP) is 1.34. The number of carbonyl (C=O) groups is 1. The van der Waals surface area contributed by atoms with Gasteiger partial charge in [0.15, 0.2) is 0 Å². The van der Waals surface area contributed by atoms with E-state index in [9.17, 15) is 4.79 Å². The molecule has 0 bridgehead atoms. The van der Waals surface area contributed by atoms with Crippen LogP contribution >= 0.6 is 0 Å². The Morgan fingerprint density at radius 2 is 2.29 bits per heavy atom. The van der Waals surface area contributed by atoms with Gasteiger partial charge in [0.2, 0.25) is 5.76 Å². The lowest BCUT2D eigenvalue weighted by Gasteiger charge is -1.98. The molecule has 0 saturated heterocycles. The van der Waals surface area contributed by atoms with Crippen molar-refractivity contribution in [2.45, 2.75) is 13.1 Å². The average molecular weight is 236 g/mol. The van der Waals surface area contributed by atoms with E-state index in [1.165, 1.54) is 13.4 Å². The lowest BCUT2D eigenvalue weighted by molar-refractivity contribution is 0.0563. The molecule has 6 heteroatoms. The second kappa shape index (κ2) is 5.31. The summed E-state index contributed by atoms with van der Waals surface area (Å²) in [5, 5.41) is 6.86. The van der Waals surface area contributed by atoms with Crippen molar-refractivity contribution in [2.24, 2.45) is 0 Å². The summed E-state index contributed by atoms with van der Waals surface area (Å²) in [7, 11) is 1.31. The Morgan fingerprint density at radius 3 is 3.00 bits per heavy atom. The van der Waals surface area contributed by atoms with E-state index in [0.717, 1.165) is 5.69 Å². The molecule has 0 saturated carbocycles. The Kier molecular flexibility index (Phi) is 3.56. The molecule has 2 aromatic heterocycles. The number of methoxy groups -OCH3 is 1. The predicted molar refractivity (Wildman–Crippen MR) is 57.1 cm³/mol. The molecule has 2 aromatic rings. The summed E-state index contributed by atoms with van der Waals surface area (Å²) >= 11 is 0. The van der Waals surface area contributed by atoms with Crippen LogP contribution in [0.25, 0.3) is 0 Å². The molecule has 90 valence electrons. The van der Waals surface area contributed by atoms with Gasteiger partial charge in [-0.05, 0) is 12.1 Å². The summed E-state index contributed by atoms with van der Waals surface area (Å²) < 4.78 is 14.5. The molecule has 0 aliphatic carbocycles. The van der Waals surface area contributed by atoms with E-state index in [0.29, 0.717) is 18.8 Å². The third-order valence-corrected chi connectivity index (χ3v) is 2.14. The van der Waals surface area contributed by atoms with E-state index >= 15 is 0 Å². The number of furan rings is 1. The summed E-state index contributed by atoms with van der Waals surface area (Å²) in [4.78, 5) is 11.1. The van der Waals surface area contributed by atoms with Crippen LogP contribution in [0.5, 0.6) is 0 Å². The smallest absolute Gasteiger partial charge is 0.373 e. The SMILES string of the molecule is COC(=O)c1ccc(CNCc2ccon2)o1. The first-order chi connectivity index (χ1) is 8.29. The van der Waals surface area contributed by atoms with E-state index in [-0.39, 0.29) is 5.76 Å². The number of ether oxygens (including phenoxy) is 1. The quantitative estimate of drug-likeness (QED) is 0.789. The number of aromatic nitrogens is 1. The average Bonchev–Trinajstić information content (AvgIpc) is 2.99. The van der Waals surface area contributed by atoms with E-state index in [1.54, 1.807) is 18.2 Å². The number of hydrogen-bond acceptors (Lipinski definition) is 6. The van der Waals surface area contributed by atoms with Gasteiger partial charge in [-0.25, -0.2) is 4.79 Å². The zero-order valence-corrected chi connectivity index (χ0v) is 9.30. The summed E-state index contributed by atoms with van der Waals surface area (Å²) in [5.74, 6) is 0.382. The molecule has 1 N–H and O–H groups in total. The normalized spacial score (nSPS) is 10.4. The van der Waals surface area contributed by atoms with Crippen molar-refractivity contribution in [1.82, 2.24) is 10.5 Å². The minimum absolute atomic E-state index is 0.200. The summed E-state index contributed by atoms with van der Waals surface area (Å²) in [5.41, 5.74) is 0.810. The monoisotopic (exact) mass is 236 g/mol. The summed E-state index contributed by atoms with van der Waals surface area (Å²) in [6.45, 7) is 1.08. The number of carbonyl (C=O) groups excluding carboxylic acids is 1. The molecule has 0 aliphatic heterocycles. The first-order valence-corrected chi connectivity index (χ1v) is 5.06. The second-order valence-corrected chi connectivity index (χ2v) is 3.35. The van der Waals surface area contributed by atoms with Gasteiger partial charge in [0.1, 0.15) is 12.0 Å². The standard InChI is InChI=1S/C11H12N2O4/c1-15-11(14)10-3-2-9(17-10)7-12-6-8-4-5-16-13-8/h2-5,12H,6-7H2,1H3. The molecule has 17 heavy (non-hydrogen) atoms. The van der Waals surface area contributed by atoms with Gasteiger partial charge in [-0.3, -0.25) is 0 Å². The molecule has 0 atom stereocenters. The van der Waals surface area contributed by atoms with Crippen LogP contribution in [-0.4, -0.2) is 18.2 Å². The van der Waals surface area contributed by atoms with Crippen LogP contribution in [0.4, 0.5) is 0 Å². The van der Waals surface area contributed by atoms with Gasteiger partial charge in [0.25, 0.3) is 0 Å². The van der Waals surface area contributed by atoms with Crippen molar-refractivity contribution in [3.8, 4) is 0 Å². The molecule has 2 heterocycles. The lowest BCUT2D eigenvalue weighted by Crippen LogP contribution is -2.12. The molecule has 0 aromatic carbocycles. The van der Waals surface area contributed by atoms with E-state index in [4.69, 9.17) is 8.94 Å². The van der Waals surface area contributed by atoms with Crippen LogP contribution in [-0.2, 0) is 17.8 Å². The van der Waals surface area contributed by atoms with Crippen molar-refractivity contribution < 1.29 is 18.5 Å². The van der Waals surface area contributed by atoms with Crippen molar-refractivity contribution >= 4 is 5.97 Å². The van der Waals surface area contributed by atoms with Gasteiger partial charge in [-0.2, -0.15) is 0 Å². The Hall–Kier alpha value is -2.08. The van der Waals surface area contributed by atoms with Crippen molar-refractivity contribution in [3.63, 3.8) is 0 Å². The van der Waals surface area contributed by atoms with Crippen LogP contribution in [0.1, 0.15) is 22.0 Å². The zero-order valence-electron chi connectivity index (χ0n) is 9.30. The minimum Gasteiger partial charge on any atom is -0.463 e. The molecule has 0 fully saturated rings. The fourth-order valence-electron chi connectivity index (χ4n) is 1.33. The largest absolute Gasteiger partial charge is 0.463 e. The third-order valence-electron chi connectivity index (χ3n) is 2.14. The molecule has 0 radical (unpaired) electrons. The molecule has 0 aliphatic rings. The number of hydrogen-bond donors (Lipinski definition) is 1. The maximum atomic E-state index is 11.1. The van der Waals surface area contributed by atoms with Crippen LogP contribution in [0.2, 0.25) is 0 Å². The highest BCUT2D eigenvalue weighted by Gasteiger charge is 2.10. The van der Waals surface area contributed by atoms with Gasteiger partial charge in [-0.15, -0.1) is 0 Å². The molecule has 0 spiro atoms. The number of rotatable bonds is 5. The highest BCUT2D eigenvalue weighted by atomic mass is 16.5. The molecule has 6 nitrogen and oxygen atoms in total. The molecular weight excluding hydrogens is 224 g/mol. The third kappa shape index (κ3) is 2.94. The first kappa shape index (κ1) is 11.4. The van der Waals surface area contributed by atoms with Crippen LogP contribution in [0, 0.1) is 0 Å². The maximum Gasteiger partial charge on any atom is 0.373 e. The van der Waals surface area contributed by atoms with Gasteiger partial charge in [0.05, 0.1) is 19.3 Å². The Balaban J connectivity index is 1.83. The van der Waals surface area contributed by atoms with Crippen LogP contribution < -0.4 is 5.32 Å². The van der Waals surface area contributed by atoms with Gasteiger partial charge in [-0.1, -0.05) is 5.16 Å². The number of nitrogens with zero attached hydrogens (tertiary/aromatic N) is 1. The van der Waals surface area contributed by atoms with Gasteiger partial charge in [0, 0.05) is 12.6 Å². The summed E-state index contributed by atoms with van der Waals surface area (Å²) in [6, 6.07) is 5.08. The van der Waals surface area contributed by atoms with Crippen molar-refractivity contribution in [1.29, 1.82) is 0 Å². The molecule has 0 unspecified atom stereocenters. The Bertz CT molecular complexity index is 475. The number of esters is 1. The van der Waals surface area contributed by atoms with Crippen molar-refractivity contribution in [2.75, 3.05) is 7.11 Å². The highest BCUT2D eigenvalue weighted by molar-refractivity contribution is 5.86. The first-order valence-electron chi connectivity index (χ1n) is 5.06. The molecule has 0 amide bonds. The zero-order chi connectivity index (χ0) is 12.1. The summed E-state index contributed by atoms with van der Waals surface area (Å²) in [6.07, 6.45) is 1.51. The molecular formula is C11H12N2O4. The number of nitrogens with one attached hydrogen (secondary N) is 1. The van der Waals surface area contributed by atoms with Crippen molar-refractivity contribution in [3.05, 3.63) is 41.7 Å². The maximum absolute atomic E-state index is 11.1. The van der Waals surface area contributed by atoms with Crippen LogP contribution in [0.15, 0.2) is 33.4 Å². The minimum atomic E-state index is -0.479. The van der Waals surface area contributed by atoms with E-state index < -0.39 is 5.97 Å². The fourth-order valence-corrected chi connectivity index (χ4v) is 1.33. The van der Waals surface area contributed by atoms with Gasteiger partial charge >= 0.3 is 5.97 Å². The van der Waals surface area contributed by atoms with E-state index in [1.807, 2.05) is 0 Å². The fraction of sp³-hybridized carbons (Fsp3) is 0.273. The lowest BCUT2D eigenvalue weighted by atomic mass is 10.4. The van der Waals surface area contributed by atoms with E-state index in [2.05, 4.69) is 15.2 Å². The van der Waals surface area contributed by atoms with Crippen LogP contribution in [0.3, 0.4) is 0 Å². The second-order valence-electron chi connectivity index (χ2n) is 3.35. The van der Waals surface area contributed by atoms with Gasteiger partial charge < -0.3 is 19.0 Å². The highest BCUT2D eigenvalue weighted by Crippen LogP contribution is 2.08. The Labute approximate surface area is 97.5 Å². The topological polar surface area (TPSA) is 77.5 Å². The molecule has 2 rings (SSSR count). The Morgan fingerprint density at radius 1 is 1.41 bits per heavy atom.